The number of hydrogen-bond donors (Lipinski definition) is 1. The minimum atomic E-state index is -0.614. The lowest BCUT2D eigenvalue weighted by molar-refractivity contribution is -0.383. The van der Waals surface area contributed by atoms with Crippen LogP contribution in [0, 0.1) is 16.0 Å². The third kappa shape index (κ3) is 3.61. The SMILES string of the molecule is O=C(Nc1ccc(Cl)cc1[N+](=O)[O-])[C@H]1CC(=O)N(c2ccccc2)C1. The fourth-order valence-electron chi connectivity index (χ4n) is 2.74. The maximum absolute atomic E-state index is 12.5. The van der Waals surface area contributed by atoms with E-state index in [2.05, 4.69) is 5.32 Å². The molecule has 7 nitrogen and oxygen atoms in total. The largest absolute Gasteiger partial charge is 0.320 e. The predicted octanol–water partition coefficient (Wildman–Crippen LogP) is 3.24. The summed E-state index contributed by atoms with van der Waals surface area (Å²) in [5.41, 5.74) is 0.496. The topological polar surface area (TPSA) is 92.5 Å². The van der Waals surface area contributed by atoms with Crippen LogP contribution in [0.15, 0.2) is 48.5 Å². The third-order valence-corrected chi connectivity index (χ3v) is 4.21. The monoisotopic (exact) mass is 359 g/mol. The molecule has 0 radical (unpaired) electrons. The quantitative estimate of drug-likeness (QED) is 0.670. The number of anilines is 2. The van der Waals surface area contributed by atoms with Crippen LogP contribution < -0.4 is 10.2 Å². The molecule has 1 aliphatic heterocycles. The minimum Gasteiger partial charge on any atom is -0.320 e. The maximum Gasteiger partial charge on any atom is 0.294 e. The van der Waals surface area contributed by atoms with Crippen molar-refractivity contribution >= 4 is 40.5 Å². The van der Waals surface area contributed by atoms with Crippen molar-refractivity contribution in [2.75, 3.05) is 16.8 Å². The van der Waals surface area contributed by atoms with E-state index in [1.807, 2.05) is 18.2 Å². The van der Waals surface area contributed by atoms with Crippen LogP contribution in [-0.2, 0) is 9.59 Å². The first-order valence-electron chi connectivity index (χ1n) is 7.56. The van der Waals surface area contributed by atoms with Gasteiger partial charge in [-0.25, -0.2) is 0 Å². The highest BCUT2D eigenvalue weighted by Gasteiger charge is 2.35. The summed E-state index contributed by atoms with van der Waals surface area (Å²) in [6.07, 6.45) is 0.0577. The van der Waals surface area contributed by atoms with E-state index >= 15 is 0 Å². The number of nitro groups is 1. The second-order valence-electron chi connectivity index (χ2n) is 5.65. The van der Waals surface area contributed by atoms with Gasteiger partial charge in [-0.3, -0.25) is 19.7 Å². The minimum absolute atomic E-state index is 0.0577. The van der Waals surface area contributed by atoms with Crippen molar-refractivity contribution < 1.29 is 14.5 Å². The van der Waals surface area contributed by atoms with E-state index in [9.17, 15) is 19.7 Å². The van der Waals surface area contributed by atoms with Gasteiger partial charge >= 0.3 is 0 Å². The number of benzene rings is 2. The summed E-state index contributed by atoms with van der Waals surface area (Å²) in [4.78, 5) is 36.7. The zero-order valence-corrected chi connectivity index (χ0v) is 13.8. The average molecular weight is 360 g/mol. The van der Waals surface area contributed by atoms with Gasteiger partial charge in [0, 0.05) is 29.7 Å². The standard InChI is InChI=1S/C17H14ClN3O4/c18-12-6-7-14(15(9-12)21(24)25)19-17(23)11-8-16(22)20(10-11)13-4-2-1-3-5-13/h1-7,9,11H,8,10H2,(H,19,23)/t11-/m0/s1. The first-order valence-corrected chi connectivity index (χ1v) is 7.93. The van der Waals surface area contributed by atoms with Gasteiger partial charge in [-0.15, -0.1) is 0 Å². The number of nitro benzene ring substituents is 1. The van der Waals surface area contributed by atoms with E-state index in [0.717, 1.165) is 5.69 Å². The van der Waals surface area contributed by atoms with Gasteiger partial charge < -0.3 is 10.2 Å². The van der Waals surface area contributed by atoms with Crippen molar-refractivity contribution in [3.8, 4) is 0 Å². The van der Waals surface area contributed by atoms with Gasteiger partial charge in [-0.1, -0.05) is 29.8 Å². The molecule has 2 aromatic rings. The van der Waals surface area contributed by atoms with Crippen LogP contribution in [0.3, 0.4) is 0 Å². The van der Waals surface area contributed by atoms with Gasteiger partial charge in [0.1, 0.15) is 5.69 Å². The second kappa shape index (κ2) is 6.90. The van der Waals surface area contributed by atoms with E-state index in [1.54, 1.807) is 17.0 Å². The number of hydrogen-bond acceptors (Lipinski definition) is 4. The zero-order chi connectivity index (χ0) is 18.0. The lowest BCUT2D eigenvalue weighted by Gasteiger charge is -2.16. The lowest BCUT2D eigenvalue weighted by Crippen LogP contribution is -2.28. The average Bonchev–Trinajstić information content (AvgIpc) is 2.99. The zero-order valence-electron chi connectivity index (χ0n) is 13.0. The summed E-state index contributed by atoms with van der Waals surface area (Å²) < 4.78 is 0. The van der Waals surface area contributed by atoms with Gasteiger partial charge in [-0.05, 0) is 24.3 Å². The Balaban J connectivity index is 1.75. The van der Waals surface area contributed by atoms with Crippen LogP contribution in [-0.4, -0.2) is 23.3 Å². The highest BCUT2D eigenvalue weighted by Crippen LogP contribution is 2.30. The Kier molecular flexibility index (Phi) is 4.67. The molecule has 1 atom stereocenters. The van der Waals surface area contributed by atoms with Crippen LogP contribution in [0.4, 0.5) is 17.1 Å². The van der Waals surface area contributed by atoms with Crippen molar-refractivity contribution in [1.82, 2.24) is 0 Å². The molecule has 0 aliphatic carbocycles. The van der Waals surface area contributed by atoms with E-state index in [4.69, 9.17) is 11.6 Å². The molecule has 8 heteroatoms. The normalized spacial score (nSPS) is 16.8. The van der Waals surface area contributed by atoms with Gasteiger partial charge in [0.2, 0.25) is 11.8 Å². The molecule has 2 amide bonds. The summed E-state index contributed by atoms with van der Waals surface area (Å²) in [5.74, 6) is -1.17. The molecule has 1 aliphatic rings. The Morgan fingerprint density at radius 3 is 2.64 bits per heavy atom. The molecule has 1 N–H and O–H groups in total. The van der Waals surface area contributed by atoms with E-state index in [0.29, 0.717) is 0 Å². The van der Waals surface area contributed by atoms with E-state index in [-0.39, 0.29) is 35.3 Å². The summed E-state index contributed by atoms with van der Waals surface area (Å²) >= 11 is 5.76. The molecule has 1 saturated heterocycles. The number of nitrogens with zero attached hydrogens (tertiary/aromatic N) is 2. The summed E-state index contributed by atoms with van der Waals surface area (Å²) in [7, 11) is 0. The third-order valence-electron chi connectivity index (χ3n) is 3.98. The van der Waals surface area contributed by atoms with Gasteiger partial charge in [0.15, 0.2) is 0 Å². The van der Waals surface area contributed by atoms with Gasteiger partial charge in [-0.2, -0.15) is 0 Å². The van der Waals surface area contributed by atoms with Crippen LogP contribution >= 0.6 is 11.6 Å². The molecule has 25 heavy (non-hydrogen) atoms. The van der Waals surface area contributed by atoms with Crippen LogP contribution in [0.5, 0.6) is 0 Å². The molecule has 128 valence electrons. The molecule has 3 rings (SSSR count). The first kappa shape index (κ1) is 16.9. The number of amides is 2. The predicted molar refractivity (Wildman–Crippen MR) is 93.6 cm³/mol. The number of halogens is 1. The molecule has 0 bridgehead atoms. The Morgan fingerprint density at radius 1 is 1.24 bits per heavy atom. The molecule has 0 saturated carbocycles. The van der Waals surface area contributed by atoms with Crippen molar-refractivity contribution in [2.24, 2.45) is 5.92 Å². The fraction of sp³-hybridized carbons (Fsp3) is 0.176. The molecular formula is C17H14ClN3O4. The van der Waals surface area contributed by atoms with Crippen molar-refractivity contribution in [3.63, 3.8) is 0 Å². The Hall–Kier alpha value is -2.93. The smallest absolute Gasteiger partial charge is 0.294 e. The molecule has 0 spiro atoms. The van der Waals surface area contributed by atoms with Crippen molar-refractivity contribution in [1.29, 1.82) is 0 Å². The summed E-state index contributed by atoms with van der Waals surface area (Å²) in [6, 6.07) is 13.1. The summed E-state index contributed by atoms with van der Waals surface area (Å²) in [5, 5.41) is 13.8. The second-order valence-corrected chi connectivity index (χ2v) is 6.09. The number of para-hydroxylation sites is 1. The van der Waals surface area contributed by atoms with Gasteiger partial charge in [0.05, 0.1) is 10.8 Å². The Bertz CT molecular complexity index is 841. The highest BCUT2D eigenvalue weighted by molar-refractivity contribution is 6.31. The Labute approximate surface area is 148 Å². The molecule has 0 aromatic heterocycles. The van der Waals surface area contributed by atoms with Crippen LogP contribution in [0.2, 0.25) is 5.02 Å². The first-order chi connectivity index (χ1) is 12.0. The van der Waals surface area contributed by atoms with Crippen molar-refractivity contribution in [2.45, 2.75) is 6.42 Å². The maximum atomic E-state index is 12.5. The van der Waals surface area contributed by atoms with Gasteiger partial charge in [0.25, 0.3) is 5.69 Å². The number of carbonyl (C=O) groups is 2. The molecule has 2 aromatic carbocycles. The van der Waals surface area contributed by atoms with Crippen LogP contribution in [0.1, 0.15) is 6.42 Å². The number of carbonyl (C=O) groups excluding carboxylic acids is 2. The van der Waals surface area contributed by atoms with E-state index in [1.165, 1.54) is 18.2 Å². The molecule has 1 fully saturated rings. The Morgan fingerprint density at radius 2 is 1.96 bits per heavy atom. The van der Waals surface area contributed by atoms with Crippen molar-refractivity contribution in [3.05, 3.63) is 63.7 Å². The summed E-state index contributed by atoms with van der Waals surface area (Å²) in [6.45, 7) is 0.232. The van der Waals surface area contributed by atoms with Crippen LogP contribution in [0.25, 0.3) is 0 Å². The fourth-order valence-corrected chi connectivity index (χ4v) is 2.90. The lowest BCUT2D eigenvalue weighted by atomic mass is 10.1. The molecule has 1 heterocycles. The molecule has 0 unspecified atom stereocenters. The number of rotatable bonds is 4. The number of nitrogens with one attached hydrogen (secondary N) is 1. The van der Waals surface area contributed by atoms with E-state index < -0.39 is 16.7 Å². The highest BCUT2D eigenvalue weighted by atomic mass is 35.5. The molecular weight excluding hydrogens is 346 g/mol.